The minimum absolute atomic E-state index is 0.143. The van der Waals surface area contributed by atoms with E-state index < -0.39 is 11.6 Å². The number of rotatable bonds is 2. The van der Waals surface area contributed by atoms with Crippen molar-refractivity contribution < 1.29 is 8.78 Å². The Hall–Kier alpha value is -1.89. The minimum Gasteiger partial charge on any atom is -0.370 e. The van der Waals surface area contributed by atoms with Gasteiger partial charge in [-0.1, -0.05) is 11.6 Å². The van der Waals surface area contributed by atoms with E-state index in [-0.39, 0.29) is 29.2 Å². The zero-order valence-electron chi connectivity index (χ0n) is 9.54. The van der Waals surface area contributed by atoms with Crippen molar-refractivity contribution in [1.29, 1.82) is 5.41 Å². The standard InChI is InChI=1S/C10H12ClF2N5/c1-2-18(10(16)17-9(14)15)8-6(11)3-5(12)4-7(8)13/h3-4H,2H2,1H3,(H5,14,15,16,17). The molecule has 0 aromatic heterocycles. The molecule has 0 unspecified atom stereocenters. The molecular weight excluding hydrogens is 264 g/mol. The Labute approximate surface area is 108 Å². The van der Waals surface area contributed by atoms with E-state index in [2.05, 4.69) is 4.99 Å². The van der Waals surface area contributed by atoms with Crippen LogP contribution in [0.4, 0.5) is 14.5 Å². The van der Waals surface area contributed by atoms with E-state index in [1.165, 1.54) is 0 Å². The first-order chi connectivity index (χ1) is 8.36. The van der Waals surface area contributed by atoms with Crippen LogP contribution in [-0.2, 0) is 0 Å². The first kappa shape index (κ1) is 14.2. The zero-order valence-corrected chi connectivity index (χ0v) is 10.3. The van der Waals surface area contributed by atoms with Gasteiger partial charge in [-0.3, -0.25) is 5.41 Å². The summed E-state index contributed by atoms with van der Waals surface area (Å²) < 4.78 is 26.6. The average molecular weight is 276 g/mol. The molecule has 0 saturated heterocycles. The van der Waals surface area contributed by atoms with Crippen LogP contribution in [0.1, 0.15) is 6.92 Å². The van der Waals surface area contributed by atoms with Crippen molar-refractivity contribution in [3.05, 3.63) is 28.8 Å². The maximum Gasteiger partial charge on any atom is 0.225 e. The number of hydrogen-bond donors (Lipinski definition) is 3. The highest BCUT2D eigenvalue weighted by atomic mass is 35.5. The topological polar surface area (TPSA) is 91.5 Å². The summed E-state index contributed by atoms with van der Waals surface area (Å²) in [7, 11) is 0. The molecule has 0 aliphatic rings. The van der Waals surface area contributed by atoms with Crippen LogP contribution in [0.2, 0.25) is 5.02 Å². The molecule has 0 saturated carbocycles. The molecule has 0 aliphatic carbocycles. The van der Waals surface area contributed by atoms with Crippen LogP contribution in [0.15, 0.2) is 17.1 Å². The zero-order chi connectivity index (χ0) is 13.9. The van der Waals surface area contributed by atoms with Crippen molar-refractivity contribution in [2.24, 2.45) is 16.5 Å². The van der Waals surface area contributed by atoms with Gasteiger partial charge in [-0.15, -0.1) is 0 Å². The van der Waals surface area contributed by atoms with Crippen molar-refractivity contribution in [1.82, 2.24) is 0 Å². The van der Waals surface area contributed by atoms with Crippen LogP contribution in [0, 0.1) is 17.0 Å². The highest BCUT2D eigenvalue weighted by Gasteiger charge is 2.19. The Morgan fingerprint density at radius 3 is 2.50 bits per heavy atom. The normalized spacial score (nSPS) is 10.0. The number of halogens is 3. The van der Waals surface area contributed by atoms with Gasteiger partial charge in [0.1, 0.15) is 5.82 Å². The molecule has 1 rings (SSSR count). The molecule has 0 bridgehead atoms. The first-order valence-corrected chi connectivity index (χ1v) is 5.34. The number of nitrogens with one attached hydrogen (secondary N) is 1. The molecule has 5 N–H and O–H groups in total. The predicted molar refractivity (Wildman–Crippen MR) is 67.9 cm³/mol. The molecule has 0 atom stereocenters. The molecule has 5 nitrogen and oxygen atoms in total. The highest BCUT2D eigenvalue weighted by Crippen LogP contribution is 2.30. The lowest BCUT2D eigenvalue weighted by Crippen LogP contribution is -2.33. The van der Waals surface area contributed by atoms with E-state index in [1.807, 2.05) is 0 Å². The number of benzene rings is 1. The van der Waals surface area contributed by atoms with E-state index in [0.29, 0.717) is 6.07 Å². The first-order valence-electron chi connectivity index (χ1n) is 4.97. The molecule has 0 spiro atoms. The molecule has 1 aromatic carbocycles. The SMILES string of the molecule is CCN(C(=N)N=C(N)N)c1c(F)cc(F)cc1Cl. The summed E-state index contributed by atoms with van der Waals surface area (Å²) in [5.74, 6) is -2.41. The van der Waals surface area contributed by atoms with Gasteiger partial charge in [0.05, 0.1) is 10.7 Å². The quantitative estimate of drug-likeness (QED) is 0.566. The fourth-order valence-corrected chi connectivity index (χ4v) is 1.69. The summed E-state index contributed by atoms with van der Waals surface area (Å²) in [5, 5.41) is 7.46. The fourth-order valence-electron chi connectivity index (χ4n) is 1.39. The molecule has 0 heterocycles. The lowest BCUT2D eigenvalue weighted by atomic mass is 10.2. The number of nitrogens with two attached hydrogens (primary N) is 2. The summed E-state index contributed by atoms with van der Waals surface area (Å²) in [6.45, 7) is 1.84. The van der Waals surface area contributed by atoms with Crippen molar-refractivity contribution in [2.75, 3.05) is 11.4 Å². The second kappa shape index (κ2) is 5.63. The molecular formula is C10H12ClF2N5. The largest absolute Gasteiger partial charge is 0.370 e. The third-order valence-corrected chi connectivity index (χ3v) is 2.35. The second-order valence-corrected chi connectivity index (χ2v) is 3.73. The van der Waals surface area contributed by atoms with Gasteiger partial charge in [0.2, 0.25) is 5.96 Å². The molecule has 0 fully saturated rings. The Morgan fingerprint density at radius 1 is 1.44 bits per heavy atom. The Bertz CT molecular complexity index is 476. The van der Waals surface area contributed by atoms with Gasteiger partial charge >= 0.3 is 0 Å². The molecule has 8 heteroatoms. The highest BCUT2D eigenvalue weighted by molar-refractivity contribution is 6.34. The summed E-state index contributed by atoms with van der Waals surface area (Å²) >= 11 is 5.76. The van der Waals surface area contributed by atoms with Gasteiger partial charge in [-0.25, -0.2) is 8.78 Å². The fraction of sp³-hybridized carbons (Fsp3) is 0.200. The maximum atomic E-state index is 13.7. The van der Waals surface area contributed by atoms with Crippen LogP contribution in [-0.4, -0.2) is 18.5 Å². The lowest BCUT2D eigenvalue weighted by Gasteiger charge is -2.22. The van der Waals surface area contributed by atoms with Gasteiger partial charge in [0.15, 0.2) is 11.8 Å². The van der Waals surface area contributed by atoms with Crippen molar-refractivity contribution in [3.63, 3.8) is 0 Å². The Kier molecular flexibility index (Phi) is 4.43. The molecule has 0 amide bonds. The smallest absolute Gasteiger partial charge is 0.225 e. The van der Waals surface area contributed by atoms with Crippen LogP contribution < -0.4 is 16.4 Å². The van der Waals surface area contributed by atoms with Crippen molar-refractivity contribution >= 4 is 29.2 Å². The van der Waals surface area contributed by atoms with Gasteiger partial charge in [0, 0.05) is 12.6 Å². The molecule has 1 aromatic rings. The van der Waals surface area contributed by atoms with Crippen LogP contribution >= 0.6 is 11.6 Å². The Morgan fingerprint density at radius 2 is 2.06 bits per heavy atom. The van der Waals surface area contributed by atoms with Crippen molar-refractivity contribution in [3.8, 4) is 0 Å². The second-order valence-electron chi connectivity index (χ2n) is 3.32. The van der Waals surface area contributed by atoms with E-state index in [0.717, 1.165) is 11.0 Å². The molecule has 98 valence electrons. The number of nitrogens with zero attached hydrogens (tertiary/aromatic N) is 2. The third kappa shape index (κ3) is 3.07. The van der Waals surface area contributed by atoms with E-state index >= 15 is 0 Å². The lowest BCUT2D eigenvalue weighted by molar-refractivity contribution is 0.583. The Balaban J connectivity index is 3.26. The van der Waals surface area contributed by atoms with Gasteiger partial charge in [-0.05, 0) is 13.0 Å². The number of aliphatic imine (C=N–C) groups is 1. The molecule has 0 aliphatic heterocycles. The minimum atomic E-state index is -0.891. The maximum absolute atomic E-state index is 13.7. The van der Waals surface area contributed by atoms with Crippen LogP contribution in [0.3, 0.4) is 0 Å². The predicted octanol–water partition coefficient (Wildman–Crippen LogP) is 1.65. The van der Waals surface area contributed by atoms with Crippen LogP contribution in [0.25, 0.3) is 0 Å². The van der Waals surface area contributed by atoms with E-state index in [9.17, 15) is 8.78 Å². The van der Waals surface area contributed by atoms with E-state index in [4.69, 9.17) is 28.5 Å². The van der Waals surface area contributed by atoms with E-state index in [1.54, 1.807) is 6.92 Å². The van der Waals surface area contributed by atoms with Gasteiger partial charge in [0.25, 0.3) is 0 Å². The van der Waals surface area contributed by atoms with Crippen LogP contribution in [0.5, 0.6) is 0 Å². The van der Waals surface area contributed by atoms with Crippen molar-refractivity contribution in [2.45, 2.75) is 6.92 Å². The third-order valence-electron chi connectivity index (χ3n) is 2.06. The van der Waals surface area contributed by atoms with Gasteiger partial charge in [-0.2, -0.15) is 4.99 Å². The monoisotopic (exact) mass is 275 g/mol. The number of hydrogen-bond acceptors (Lipinski definition) is 1. The molecule has 18 heavy (non-hydrogen) atoms. The molecule has 0 radical (unpaired) electrons. The number of guanidine groups is 2. The summed E-state index contributed by atoms with van der Waals surface area (Å²) in [6.07, 6.45) is 0. The van der Waals surface area contributed by atoms with Gasteiger partial charge < -0.3 is 16.4 Å². The average Bonchev–Trinajstić information content (AvgIpc) is 2.21. The summed E-state index contributed by atoms with van der Waals surface area (Å²) in [5.41, 5.74) is 10.1. The summed E-state index contributed by atoms with van der Waals surface area (Å²) in [4.78, 5) is 4.61. The summed E-state index contributed by atoms with van der Waals surface area (Å²) in [6, 6.07) is 1.62. The number of anilines is 1.